The molecule has 0 aromatic carbocycles. The first-order chi connectivity index (χ1) is 8.53. The highest BCUT2D eigenvalue weighted by Gasteiger charge is 2.33. The van der Waals surface area contributed by atoms with Gasteiger partial charge < -0.3 is 14.4 Å². The number of ether oxygens (including phenoxy) is 2. The maximum absolute atomic E-state index is 5.90. The molecule has 0 atom stereocenters. The standard InChI is InChI=1S/C11H17ClN4O2/c1-4-18-10-14-8(12)13-9(15-10)16-5-6-17-7-11(16,2)3/h4-7H2,1-3H3. The van der Waals surface area contributed by atoms with Crippen molar-refractivity contribution < 1.29 is 9.47 Å². The minimum absolute atomic E-state index is 0.144. The Balaban J connectivity index is 2.31. The average Bonchev–Trinajstić information content (AvgIpc) is 2.27. The summed E-state index contributed by atoms with van der Waals surface area (Å²) in [7, 11) is 0. The van der Waals surface area contributed by atoms with Crippen molar-refractivity contribution in [1.29, 1.82) is 0 Å². The molecule has 18 heavy (non-hydrogen) atoms. The van der Waals surface area contributed by atoms with E-state index in [0.29, 0.717) is 25.8 Å². The molecule has 1 aromatic heterocycles. The summed E-state index contributed by atoms with van der Waals surface area (Å²) in [4.78, 5) is 14.4. The van der Waals surface area contributed by atoms with E-state index < -0.39 is 0 Å². The van der Waals surface area contributed by atoms with Gasteiger partial charge in [-0.25, -0.2) is 0 Å². The summed E-state index contributed by atoms with van der Waals surface area (Å²) < 4.78 is 10.7. The molecule has 0 spiro atoms. The first kappa shape index (κ1) is 13.3. The molecule has 1 saturated heterocycles. The van der Waals surface area contributed by atoms with Gasteiger partial charge in [-0.3, -0.25) is 0 Å². The third kappa shape index (κ3) is 2.81. The average molecular weight is 273 g/mol. The molecule has 0 radical (unpaired) electrons. The molecular formula is C11H17ClN4O2. The van der Waals surface area contributed by atoms with Gasteiger partial charge in [-0.1, -0.05) is 0 Å². The van der Waals surface area contributed by atoms with Crippen LogP contribution in [0.2, 0.25) is 5.28 Å². The summed E-state index contributed by atoms with van der Waals surface area (Å²) in [5.74, 6) is 0.534. The molecule has 1 aromatic rings. The SMILES string of the molecule is CCOc1nc(Cl)nc(N2CCOCC2(C)C)n1. The van der Waals surface area contributed by atoms with Gasteiger partial charge in [-0.15, -0.1) is 0 Å². The summed E-state index contributed by atoms with van der Waals surface area (Å²) >= 11 is 5.90. The van der Waals surface area contributed by atoms with Crippen LogP contribution >= 0.6 is 11.6 Å². The number of nitrogens with zero attached hydrogens (tertiary/aromatic N) is 4. The van der Waals surface area contributed by atoms with Gasteiger partial charge in [0.25, 0.3) is 0 Å². The lowest BCUT2D eigenvalue weighted by Crippen LogP contribution is -2.53. The maximum Gasteiger partial charge on any atom is 0.322 e. The van der Waals surface area contributed by atoms with E-state index in [2.05, 4.69) is 33.7 Å². The van der Waals surface area contributed by atoms with Crippen LogP contribution < -0.4 is 9.64 Å². The zero-order chi connectivity index (χ0) is 13.2. The van der Waals surface area contributed by atoms with Crippen molar-refractivity contribution in [1.82, 2.24) is 15.0 Å². The van der Waals surface area contributed by atoms with Crippen LogP contribution in [-0.4, -0.2) is 46.9 Å². The van der Waals surface area contributed by atoms with Crippen LogP contribution in [0, 0.1) is 0 Å². The van der Waals surface area contributed by atoms with Crippen LogP contribution in [0.25, 0.3) is 0 Å². The molecule has 1 aliphatic heterocycles. The Bertz CT molecular complexity index is 428. The van der Waals surface area contributed by atoms with Crippen LogP contribution in [-0.2, 0) is 4.74 Å². The van der Waals surface area contributed by atoms with Crippen molar-refractivity contribution in [3.8, 4) is 6.01 Å². The molecule has 1 aliphatic rings. The minimum Gasteiger partial charge on any atom is -0.464 e. The van der Waals surface area contributed by atoms with Gasteiger partial charge >= 0.3 is 6.01 Å². The molecule has 6 nitrogen and oxygen atoms in total. The minimum atomic E-state index is -0.174. The van der Waals surface area contributed by atoms with Crippen LogP contribution in [0.5, 0.6) is 6.01 Å². The normalized spacial score (nSPS) is 18.8. The zero-order valence-corrected chi connectivity index (χ0v) is 11.6. The van der Waals surface area contributed by atoms with E-state index in [-0.39, 0.29) is 16.8 Å². The Kier molecular flexibility index (Phi) is 3.87. The zero-order valence-electron chi connectivity index (χ0n) is 10.8. The molecule has 0 bridgehead atoms. The van der Waals surface area contributed by atoms with Gasteiger partial charge in [0.15, 0.2) is 0 Å². The molecule has 2 rings (SSSR count). The Morgan fingerprint density at radius 3 is 2.83 bits per heavy atom. The second kappa shape index (κ2) is 5.24. The summed E-state index contributed by atoms with van der Waals surface area (Å²) in [6.45, 7) is 8.51. The molecule has 0 N–H and O–H groups in total. The number of hydrogen-bond donors (Lipinski definition) is 0. The third-order valence-electron chi connectivity index (χ3n) is 2.74. The fourth-order valence-corrected chi connectivity index (χ4v) is 2.01. The van der Waals surface area contributed by atoms with Gasteiger partial charge in [-0.05, 0) is 32.4 Å². The maximum atomic E-state index is 5.90. The van der Waals surface area contributed by atoms with E-state index >= 15 is 0 Å². The summed E-state index contributed by atoms with van der Waals surface area (Å²) in [5, 5.41) is 0.144. The Hall–Kier alpha value is -1.14. The Labute approximate surface area is 111 Å². The fraction of sp³-hybridized carbons (Fsp3) is 0.727. The van der Waals surface area contributed by atoms with Gasteiger partial charge in [0.1, 0.15) is 0 Å². The first-order valence-corrected chi connectivity index (χ1v) is 6.30. The molecule has 1 fully saturated rings. The molecule has 0 aliphatic carbocycles. The van der Waals surface area contributed by atoms with Crippen LogP contribution in [0.15, 0.2) is 0 Å². The molecule has 100 valence electrons. The third-order valence-corrected chi connectivity index (χ3v) is 2.90. The quantitative estimate of drug-likeness (QED) is 0.832. The van der Waals surface area contributed by atoms with Crippen molar-refractivity contribution in [3.63, 3.8) is 0 Å². The predicted octanol–water partition coefficient (Wildman–Crippen LogP) is 1.54. The molecule has 2 heterocycles. The van der Waals surface area contributed by atoms with Gasteiger partial charge in [-0.2, -0.15) is 15.0 Å². The van der Waals surface area contributed by atoms with Crippen LogP contribution in [0.1, 0.15) is 20.8 Å². The van der Waals surface area contributed by atoms with Gasteiger partial charge in [0.2, 0.25) is 11.2 Å². The second-order valence-corrected chi connectivity index (χ2v) is 4.97. The lowest BCUT2D eigenvalue weighted by molar-refractivity contribution is 0.0632. The summed E-state index contributed by atoms with van der Waals surface area (Å²) in [6.07, 6.45) is 0. The Morgan fingerprint density at radius 1 is 1.39 bits per heavy atom. The number of hydrogen-bond acceptors (Lipinski definition) is 6. The molecule has 0 amide bonds. The van der Waals surface area contributed by atoms with Gasteiger partial charge in [0.05, 0.1) is 25.4 Å². The highest BCUT2D eigenvalue weighted by molar-refractivity contribution is 6.28. The molecular weight excluding hydrogens is 256 g/mol. The monoisotopic (exact) mass is 272 g/mol. The smallest absolute Gasteiger partial charge is 0.322 e. The Morgan fingerprint density at radius 2 is 2.17 bits per heavy atom. The second-order valence-electron chi connectivity index (χ2n) is 4.64. The number of rotatable bonds is 3. The van der Waals surface area contributed by atoms with Crippen molar-refractivity contribution >= 4 is 17.5 Å². The number of anilines is 1. The molecule has 7 heteroatoms. The van der Waals surface area contributed by atoms with Crippen LogP contribution in [0.4, 0.5) is 5.95 Å². The van der Waals surface area contributed by atoms with E-state index in [9.17, 15) is 0 Å². The number of morpholine rings is 1. The van der Waals surface area contributed by atoms with E-state index in [4.69, 9.17) is 21.1 Å². The first-order valence-electron chi connectivity index (χ1n) is 5.92. The number of aromatic nitrogens is 3. The summed E-state index contributed by atoms with van der Waals surface area (Å²) in [5.41, 5.74) is -0.174. The lowest BCUT2D eigenvalue weighted by atomic mass is 10.0. The van der Waals surface area contributed by atoms with E-state index in [1.807, 2.05) is 6.92 Å². The van der Waals surface area contributed by atoms with Crippen molar-refractivity contribution in [2.75, 3.05) is 31.3 Å². The van der Waals surface area contributed by atoms with E-state index in [0.717, 1.165) is 6.54 Å². The van der Waals surface area contributed by atoms with E-state index in [1.165, 1.54) is 0 Å². The highest BCUT2D eigenvalue weighted by Crippen LogP contribution is 2.25. The lowest BCUT2D eigenvalue weighted by Gasteiger charge is -2.41. The summed E-state index contributed by atoms with van der Waals surface area (Å²) in [6, 6.07) is 0.259. The topological polar surface area (TPSA) is 60.4 Å². The highest BCUT2D eigenvalue weighted by atomic mass is 35.5. The predicted molar refractivity (Wildman–Crippen MR) is 68.3 cm³/mol. The number of halogens is 1. The fourth-order valence-electron chi connectivity index (χ4n) is 1.87. The van der Waals surface area contributed by atoms with Crippen LogP contribution in [0.3, 0.4) is 0 Å². The molecule has 0 saturated carbocycles. The van der Waals surface area contributed by atoms with E-state index in [1.54, 1.807) is 0 Å². The van der Waals surface area contributed by atoms with Crippen molar-refractivity contribution in [3.05, 3.63) is 5.28 Å². The molecule has 0 unspecified atom stereocenters. The van der Waals surface area contributed by atoms with Gasteiger partial charge in [0, 0.05) is 6.54 Å². The largest absolute Gasteiger partial charge is 0.464 e. The van der Waals surface area contributed by atoms with Crippen molar-refractivity contribution in [2.45, 2.75) is 26.3 Å². The van der Waals surface area contributed by atoms with Crippen molar-refractivity contribution in [2.24, 2.45) is 0 Å².